The van der Waals surface area contributed by atoms with Crippen molar-refractivity contribution >= 4 is 10.1 Å². The molecule has 1 aromatic carbocycles. The fraction of sp³-hybridized carbons (Fsp3) is 0.308. The highest BCUT2D eigenvalue weighted by Gasteiger charge is 2.33. The van der Waals surface area contributed by atoms with Gasteiger partial charge in [-0.25, -0.2) is 4.98 Å². The highest BCUT2D eigenvalue weighted by molar-refractivity contribution is 7.85. The first-order valence-electron chi connectivity index (χ1n) is 6.22. The zero-order chi connectivity index (χ0) is 16.8. The molecule has 5 N–H and O–H groups in total. The average Bonchev–Trinajstić information content (AvgIpc) is 2.88. The van der Waals surface area contributed by atoms with E-state index >= 15 is 0 Å². The Kier molecular flexibility index (Phi) is 7.93. The van der Waals surface area contributed by atoms with Gasteiger partial charge in [0.25, 0.3) is 10.1 Å². The van der Waals surface area contributed by atoms with Crippen molar-refractivity contribution in [2.24, 2.45) is 0 Å². The van der Waals surface area contributed by atoms with Crippen molar-refractivity contribution < 1.29 is 26.1 Å². The summed E-state index contributed by atoms with van der Waals surface area (Å²) in [6, 6.07) is 9.21. The first-order valence-corrected chi connectivity index (χ1v) is 7.83. The van der Waals surface area contributed by atoms with E-state index in [4.69, 9.17) is 4.55 Å². The Balaban J connectivity index is 0.000000599. The molecule has 0 aliphatic carbocycles. The van der Waals surface area contributed by atoms with Gasteiger partial charge < -0.3 is 11.1 Å². The van der Waals surface area contributed by atoms with E-state index in [-0.39, 0.29) is 11.9 Å². The molecular weight excluding hydrogens is 335 g/mol. The molecule has 0 saturated carbocycles. The fourth-order valence-corrected chi connectivity index (χ4v) is 1.39. The van der Waals surface area contributed by atoms with Crippen LogP contribution in [0, 0.1) is 0 Å². The number of imidazole rings is 1. The van der Waals surface area contributed by atoms with E-state index in [2.05, 4.69) is 9.97 Å². The summed E-state index contributed by atoms with van der Waals surface area (Å²) in [6.07, 6.45) is -3.12. The Morgan fingerprint density at radius 2 is 1.74 bits per heavy atom. The number of aromatic amines is 1. The molecule has 0 saturated heterocycles. The number of hydrogen-bond acceptors (Lipinski definition) is 4. The molecule has 0 amide bonds. The first-order chi connectivity index (χ1) is 10.1. The third-order valence-electron chi connectivity index (χ3n) is 2.50. The highest BCUT2D eigenvalue weighted by atomic mass is 32.2. The molecule has 6 nitrogen and oxygen atoms in total. The van der Waals surface area contributed by atoms with Crippen molar-refractivity contribution in [2.45, 2.75) is 19.5 Å². The number of H-pyrrole nitrogens is 1. The summed E-state index contributed by atoms with van der Waals surface area (Å²) in [4.78, 5) is 6.03. The van der Waals surface area contributed by atoms with Gasteiger partial charge in [0.15, 0.2) is 5.69 Å². The molecule has 2 rings (SSSR count). The molecule has 0 aliphatic heterocycles. The van der Waals surface area contributed by atoms with Gasteiger partial charge in [0.2, 0.25) is 0 Å². The van der Waals surface area contributed by atoms with Crippen LogP contribution in [0.2, 0.25) is 0 Å². The molecular formula is C13H18F3N3O3S. The quantitative estimate of drug-likeness (QED) is 0.733. The molecule has 0 unspecified atom stereocenters. The van der Waals surface area contributed by atoms with Crippen LogP contribution in [0.1, 0.15) is 24.0 Å². The second kappa shape index (κ2) is 8.65. The number of hydrogen-bond donors (Lipinski definition) is 3. The third kappa shape index (κ3) is 8.33. The predicted molar refractivity (Wildman–Crippen MR) is 79.9 cm³/mol. The standard InChI is InChI=1S/C11H9F3N2.C2H6O3S.H3N/c12-11(13,14)9-7-15-10(16-9)6-8-4-2-1-3-5-8;1-2-6(3,4)5;/h1-5,7H,6H2,(H,15,16);2H2,1H3,(H,3,4,5);1H3. The van der Waals surface area contributed by atoms with Gasteiger partial charge in [-0.3, -0.25) is 4.55 Å². The zero-order valence-corrected chi connectivity index (χ0v) is 13.2. The number of rotatable bonds is 3. The topological polar surface area (TPSA) is 118 Å². The van der Waals surface area contributed by atoms with Crippen LogP contribution in [0.3, 0.4) is 0 Å². The molecule has 0 radical (unpaired) electrons. The zero-order valence-electron chi connectivity index (χ0n) is 12.3. The normalized spacial score (nSPS) is 11.2. The van der Waals surface area contributed by atoms with Crippen LogP contribution in [0.15, 0.2) is 36.5 Å². The second-order valence-corrected chi connectivity index (χ2v) is 6.00. The lowest BCUT2D eigenvalue weighted by Gasteiger charge is -2.00. The van der Waals surface area contributed by atoms with Gasteiger partial charge in [0.1, 0.15) is 5.82 Å². The van der Waals surface area contributed by atoms with E-state index < -0.39 is 22.0 Å². The Morgan fingerprint density at radius 1 is 1.22 bits per heavy atom. The number of alkyl halides is 3. The number of benzene rings is 1. The monoisotopic (exact) mass is 353 g/mol. The van der Waals surface area contributed by atoms with Crippen molar-refractivity contribution in [3.63, 3.8) is 0 Å². The van der Waals surface area contributed by atoms with Crippen LogP contribution < -0.4 is 6.15 Å². The van der Waals surface area contributed by atoms with Crippen molar-refractivity contribution in [1.29, 1.82) is 0 Å². The summed E-state index contributed by atoms with van der Waals surface area (Å²) in [5.74, 6) is 0.117. The van der Waals surface area contributed by atoms with Crippen LogP contribution in [0.5, 0.6) is 0 Å². The van der Waals surface area contributed by atoms with Crippen molar-refractivity contribution in [3.8, 4) is 0 Å². The van der Waals surface area contributed by atoms with Gasteiger partial charge in [-0.05, 0) is 12.5 Å². The minimum atomic E-state index is -4.38. The van der Waals surface area contributed by atoms with Crippen LogP contribution in [0.4, 0.5) is 13.2 Å². The maximum Gasteiger partial charge on any atom is 0.434 e. The van der Waals surface area contributed by atoms with Gasteiger partial charge in [0.05, 0.1) is 5.75 Å². The maximum absolute atomic E-state index is 12.3. The molecule has 0 fully saturated rings. The molecule has 2 aromatic rings. The SMILES string of the molecule is CCS(=O)(=O)O.FC(F)(F)c1c[nH]c(Cc2ccccc2)n1.N. The summed E-state index contributed by atoms with van der Waals surface area (Å²) in [5.41, 5.74) is 0.0454. The summed E-state index contributed by atoms with van der Waals surface area (Å²) < 4.78 is 63.7. The summed E-state index contributed by atoms with van der Waals surface area (Å²) in [5, 5.41) is 0. The summed E-state index contributed by atoms with van der Waals surface area (Å²) in [6.45, 7) is 1.37. The van der Waals surface area contributed by atoms with Gasteiger partial charge >= 0.3 is 6.18 Å². The van der Waals surface area contributed by atoms with Crippen molar-refractivity contribution in [2.75, 3.05) is 5.75 Å². The first kappa shape index (κ1) is 21.1. The van der Waals surface area contributed by atoms with Crippen LogP contribution in [-0.2, 0) is 22.7 Å². The average molecular weight is 353 g/mol. The summed E-state index contributed by atoms with van der Waals surface area (Å²) in [7, 11) is -3.66. The Hall–Kier alpha value is -1.91. The Labute approximate surface area is 132 Å². The molecule has 1 heterocycles. The molecule has 10 heteroatoms. The number of nitrogens with zero attached hydrogens (tertiary/aromatic N) is 1. The van der Waals surface area contributed by atoms with E-state index in [1.165, 1.54) is 6.92 Å². The van der Waals surface area contributed by atoms with Crippen LogP contribution >= 0.6 is 0 Å². The van der Waals surface area contributed by atoms with E-state index in [9.17, 15) is 21.6 Å². The molecule has 130 valence electrons. The third-order valence-corrected chi connectivity index (χ3v) is 3.23. The second-order valence-electron chi connectivity index (χ2n) is 4.26. The van der Waals surface area contributed by atoms with Crippen LogP contribution in [0.25, 0.3) is 0 Å². The smallest absolute Gasteiger partial charge is 0.348 e. The van der Waals surface area contributed by atoms with E-state index in [1.807, 2.05) is 30.3 Å². The molecule has 1 aromatic heterocycles. The molecule has 0 atom stereocenters. The lowest BCUT2D eigenvalue weighted by atomic mass is 10.1. The molecule has 23 heavy (non-hydrogen) atoms. The van der Waals surface area contributed by atoms with Gasteiger partial charge in [-0.15, -0.1) is 0 Å². The Bertz CT molecular complexity index is 685. The summed E-state index contributed by atoms with van der Waals surface area (Å²) >= 11 is 0. The predicted octanol–water partition coefficient (Wildman–Crippen LogP) is 3.08. The molecule has 0 aliphatic rings. The van der Waals surface area contributed by atoms with Crippen molar-refractivity contribution in [3.05, 3.63) is 53.6 Å². The lowest BCUT2D eigenvalue weighted by molar-refractivity contribution is -0.140. The van der Waals surface area contributed by atoms with E-state index in [0.29, 0.717) is 12.2 Å². The van der Waals surface area contributed by atoms with E-state index in [0.717, 1.165) is 11.8 Å². The largest absolute Gasteiger partial charge is 0.434 e. The highest BCUT2D eigenvalue weighted by Crippen LogP contribution is 2.27. The van der Waals surface area contributed by atoms with Crippen molar-refractivity contribution in [1.82, 2.24) is 16.1 Å². The van der Waals surface area contributed by atoms with Gasteiger partial charge in [-0.1, -0.05) is 30.3 Å². The maximum atomic E-state index is 12.3. The molecule has 0 bridgehead atoms. The minimum Gasteiger partial charge on any atom is -0.348 e. The molecule has 0 spiro atoms. The number of aromatic nitrogens is 2. The number of nitrogens with one attached hydrogen (secondary N) is 1. The lowest BCUT2D eigenvalue weighted by Crippen LogP contribution is -2.05. The number of halogens is 3. The van der Waals surface area contributed by atoms with E-state index in [1.54, 1.807) is 0 Å². The Morgan fingerprint density at radius 3 is 2.13 bits per heavy atom. The minimum absolute atomic E-state index is 0. The van der Waals surface area contributed by atoms with Gasteiger partial charge in [0, 0.05) is 12.6 Å². The van der Waals surface area contributed by atoms with Gasteiger partial charge in [-0.2, -0.15) is 21.6 Å². The van der Waals surface area contributed by atoms with Crippen LogP contribution in [-0.4, -0.2) is 28.7 Å². The fourth-order valence-electron chi connectivity index (χ4n) is 1.39.